The minimum atomic E-state index is -0.506. The van der Waals surface area contributed by atoms with Crippen LogP contribution in [0.1, 0.15) is 15.9 Å². The molecule has 8 heteroatoms. The van der Waals surface area contributed by atoms with Crippen molar-refractivity contribution >= 4 is 39.7 Å². The first-order valence-corrected chi connectivity index (χ1v) is 8.47. The van der Waals surface area contributed by atoms with Crippen molar-refractivity contribution in [3.63, 3.8) is 0 Å². The van der Waals surface area contributed by atoms with E-state index in [2.05, 4.69) is 10.3 Å². The number of thiazole rings is 1. The van der Waals surface area contributed by atoms with Gasteiger partial charge < -0.3 is 0 Å². The molecule has 0 aliphatic carbocycles. The molecule has 25 heavy (non-hydrogen) atoms. The van der Waals surface area contributed by atoms with E-state index < -0.39 is 10.8 Å². The van der Waals surface area contributed by atoms with Gasteiger partial charge in [0.2, 0.25) is 0 Å². The summed E-state index contributed by atoms with van der Waals surface area (Å²) in [6.45, 7) is 1.62. The predicted octanol–water partition coefficient (Wildman–Crippen LogP) is 4.93. The molecule has 0 bridgehead atoms. The van der Waals surface area contributed by atoms with E-state index in [0.717, 1.165) is 5.56 Å². The zero-order chi connectivity index (χ0) is 18.0. The summed E-state index contributed by atoms with van der Waals surface area (Å²) < 4.78 is 0. The number of anilines is 1. The van der Waals surface area contributed by atoms with Crippen molar-refractivity contribution < 1.29 is 9.72 Å². The number of nitro benzene ring substituents is 1. The zero-order valence-electron chi connectivity index (χ0n) is 13.0. The second-order valence-electron chi connectivity index (χ2n) is 5.26. The summed E-state index contributed by atoms with van der Waals surface area (Å²) in [5.41, 5.74) is 2.22. The van der Waals surface area contributed by atoms with Gasteiger partial charge in [-0.3, -0.25) is 20.2 Å². The quantitative estimate of drug-likeness (QED) is 0.518. The molecule has 1 amide bonds. The summed E-state index contributed by atoms with van der Waals surface area (Å²) in [5.74, 6) is -0.444. The minimum absolute atomic E-state index is 0.0892. The first-order valence-electron chi connectivity index (χ1n) is 7.22. The number of carbonyl (C=O) groups is 1. The maximum Gasteiger partial charge on any atom is 0.273 e. The fraction of sp³-hybridized carbons (Fsp3) is 0.0588. The second-order valence-corrected chi connectivity index (χ2v) is 6.55. The Bertz CT molecular complexity index is 954. The Morgan fingerprint density at radius 3 is 2.64 bits per heavy atom. The van der Waals surface area contributed by atoms with Crippen molar-refractivity contribution in [3.05, 3.63) is 74.1 Å². The van der Waals surface area contributed by atoms with Crippen LogP contribution >= 0.6 is 22.9 Å². The first kappa shape index (κ1) is 17.1. The third-order valence-corrected chi connectivity index (χ3v) is 4.54. The average molecular weight is 374 g/mol. The third-order valence-electron chi connectivity index (χ3n) is 3.53. The number of carbonyl (C=O) groups excluding carboxylic acids is 1. The lowest BCUT2D eigenvalue weighted by Crippen LogP contribution is -2.12. The predicted molar refractivity (Wildman–Crippen MR) is 98.3 cm³/mol. The van der Waals surface area contributed by atoms with Crippen molar-refractivity contribution in [2.24, 2.45) is 0 Å². The number of aryl methyl sites for hydroxylation is 1. The van der Waals surface area contributed by atoms with Crippen LogP contribution < -0.4 is 5.32 Å². The van der Waals surface area contributed by atoms with Crippen molar-refractivity contribution in [1.29, 1.82) is 0 Å². The smallest absolute Gasteiger partial charge is 0.273 e. The fourth-order valence-electron chi connectivity index (χ4n) is 2.20. The Hall–Kier alpha value is -2.77. The van der Waals surface area contributed by atoms with E-state index in [0.29, 0.717) is 21.4 Å². The number of benzene rings is 2. The van der Waals surface area contributed by atoms with E-state index in [9.17, 15) is 14.9 Å². The van der Waals surface area contributed by atoms with Crippen LogP contribution in [0.15, 0.2) is 47.8 Å². The van der Waals surface area contributed by atoms with Gasteiger partial charge in [-0.1, -0.05) is 29.8 Å². The summed E-state index contributed by atoms with van der Waals surface area (Å²) in [4.78, 5) is 27.2. The highest BCUT2D eigenvalue weighted by molar-refractivity contribution is 7.14. The summed E-state index contributed by atoms with van der Waals surface area (Å²) in [6, 6.07) is 11.6. The Kier molecular flexibility index (Phi) is 4.78. The molecule has 0 unspecified atom stereocenters. The lowest BCUT2D eigenvalue weighted by Gasteiger charge is -2.03. The highest BCUT2D eigenvalue weighted by atomic mass is 35.5. The zero-order valence-corrected chi connectivity index (χ0v) is 14.6. The van der Waals surface area contributed by atoms with Gasteiger partial charge in [-0.2, -0.15) is 0 Å². The van der Waals surface area contributed by atoms with Gasteiger partial charge >= 0.3 is 0 Å². The van der Waals surface area contributed by atoms with Crippen LogP contribution in [0.25, 0.3) is 11.3 Å². The van der Waals surface area contributed by atoms with E-state index in [4.69, 9.17) is 11.6 Å². The standard InChI is InChI=1S/C17H12ClN3O3S/c1-10-2-3-12(8-15(10)21(23)24)16(22)20-17-19-14(9-25-17)11-4-6-13(18)7-5-11/h2-9H,1H3,(H,19,20,22). The van der Waals surface area contributed by atoms with Crippen LogP contribution in [0, 0.1) is 17.0 Å². The summed E-state index contributed by atoms with van der Waals surface area (Å²) in [5, 5.41) is 16.5. The molecule has 0 saturated heterocycles. The molecular weight excluding hydrogens is 362 g/mol. The van der Waals surface area contributed by atoms with E-state index >= 15 is 0 Å². The summed E-state index contributed by atoms with van der Waals surface area (Å²) in [6.07, 6.45) is 0. The number of nitro groups is 1. The topological polar surface area (TPSA) is 85.1 Å². The van der Waals surface area contributed by atoms with E-state index in [1.165, 1.54) is 17.4 Å². The van der Waals surface area contributed by atoms with Crippen LogP contribution in [0.5, 0.6) is 0 Å². The molecule has 0 atom stereocenters. The van der Waals surface area contributed by atoms with E-state index in [-0.39, 0.29) is 11.3 Å². The van der Waals surface area contributed by atoms with Crippen LogP contribution in [0.3, 0.4) is 0 Å². The van der Waals surface area contributed by atoms with Gasteiger partial charge in [0.05, 0.1) is 10.6 Å². The summed E-state index contributed by atoms with van der Waals surface area (Å²) >= 11 is 7.14. The van der Waals surface area contributed by atoms with Crippen LogP contribution in [0.4, 0.5) is 10.8 Å². The van der Waals surface area contributed by atoms with Crippen molar-refractivity contribution in [1.82, 2.24) is 4.98 Å². The number of halogens is 1. The average Bonchev–Trinajstić information content (AvgIpc) is 3.04. The number of amides is 1. The Morgan fingerprint density at radius 2 is 1.96 bits per heavy atom. The molecule has 2 aromatic carbocycles. The van der Waals surface area contributed by atoms with Crippen molar-refractivity contribution in [2.45, 2.75) is 6.92 Å². The molecular formula is C17H12ClN3O3S. The molecule has 0 fully saturated rings. The van der Waals surface area contributed by atoms with E-state index in [1.807, 2.05) is 17.5 Å². The third kappa shape index (κ3) is 3.84. The summed E-state index contributed by atoms with van der Waals surface area (Å²) in [7, 11) is 0. The molecule has 1 aromatic heterocycles. The molecule has 126 valence electrons. The maximum absolute atomic E-state index is 12.3. The van der Waals surface area contributed by atoms with E-state index in [1.54, 1.807) is 31.2 Å². The number of rotatable bonds is 4. The molecule has 3 rings (SSSR count). The van der Waals surface area contributed by atoms with Crippen molar-refractivity contribution in [2.75, 3.05) is 5.32 Å². The number of hydrogen-bond donors (Lipinski definition) is 1. The molecule has 3 aromatic rings. The highest BCUT2D eigenvalue weighted by Gasteiger charge is 2.16. The molecule has 0 spiro atoms. The number of hydrogen-bond acceptors (Lipinski definition) is 5. The second kappa shape index (κ2) is 7.00. The lowest BCUT2D eigenvalue weighted by atomic mass is 10.1. The number of nitrogens with zero attached hydrogens (tertiary/aromatic N) is 2. The fourth-order valence-corrected chi connectivity index (χ4v) is 3.04. The largest absolute Gasteiger partial charge is 0.298 e. The molecule has 0 radical (unpaired) electrons. The van der Waals surface area contributed by atoms with Crippen LogP contribution in [0.2, 0.25) is 5.02 Å². The van der Waals surface area contributed by atoms with Gasteiger partial charge in [0.25, 0.3) is 11.6 Å². The highest BCUT2D eigenvalue weighted by Crippen LogP contribution is 2.27. The molecule has 0 aliphatic rings. The van der Waals surface area contributed by atoms with Gasteiger partial charge in [-0.05, 0) is 25.1 Å². The minimum Gasteiger partial charge on any atom is -0.298 e. The molecule has 1 heterocycles. The van der Waals surface area contributed by atoms with Crippen LogP contribution in [-0.4, -0.2) is 15.8 Å². The number of nitrogens with one attached hydrogen (secondary N) is 1. The van der Waals surface area contributed by atoms with Gasteiger partial charge in [0.1, 0.15) is 0 Å². The monoisotopic (exact) mass is 373 g/mol. The van der Waals surface area contributed by atoms with Gasteiger partial charge in [0, 0.05) is 33.2 Å². The Labute approximate surface area is 152 Å². The first-order chi connectivity index (χ1) is 11.9. The SMILES string of the molecule is Cc1ccc(C(=O)Nc2nc(-c3ccc(Cl)cc3)cs2)cc1[N+](=O)[O-]. The molecule has 0 saturated carbocycles. The maximum atomic E-state index is 12.3. The van der Waals surface area contributed by atoms with Gasteiger partial charge in [-0.25, -0.2) is 4.98 Å². The normalized spacial score (nSPS) is 10.5. The molecule has 6 nitrogen and oxygen atoms in total. The van der Waals surface area contributed by atoms with Crippen molar-refractivity contribution in [3.8, 4) is 11.3 Å². The Morgan fingerprint density at radius 1 is 1.24 bits per heavy atom. The van der Waals surface area contributed by atoms with Crippen LogP contribution in [-0.2, 0) is 0 Å². The Balaban J connectivity index is 1.79. The number of aromatic nitrogens is 1. The molecule has 1 N–H and O–H groups in total. The molecule has 0 aliphatic heterocycles. The van der Waals surface area contributed by atoms with Gasteiger partial charge in [0.15, 0.2) is 5.13 Å². The van der Waals surface area contributed by atoms with Gasteiger partial charge in [-0.15, -0.1) is 11.3 Å². The lowest BCUT2D eigenvalue weighted by molar-refractivity contribution is -0.385.